The molecule has 0 bridgehead atoms. The zero-order chi connectivity index (χ0) is 19.6. The van der Waals surface area contributed by atoms with Crippen LogP contribution in [0, 0.1) is 19.8 Å². The van der Waals surface area contributed by atoms with Gasteiger partial charge in [-0.05, 0) is 26.2 Å². The van der Waals surface area contributed by atoms with Gasteiger partial charge in [-0.25, -0.2) is 9.78 Å². The van der Waals surface area contributed by atoms with Gasteiger partial charge in [-0.15, -0.1) is 0 Å². The van der Waals surface area contributed by atoms with Gasteiger partial charge in [0.15, 0.2) is 10.9 Å². The van der Waals surface area contributed by atoms with E-state index in [1.807, 2.05) is 18.7 Å². The topological polar surface area (TPSA) is 79.3 Å². The molecule has 1 saturated heterocycles. The summed E-state index contributed by atoms with van der Waals surface area (Å²) in [6.07, 6.45) is 4.29. The number of ketones is 1. The monoisotopic (exact) mass is 387 g/mol. The molecule has 0 atom stereocenters. The van der Waals surface area contributed by atoms with Crippen molar-refractivity contribution in [1.29, 1.82) is 0 Å². The van der Waals surface area contributed by atoms with Gasteiger partial charge < -0.3 is 4.90 Å². The molecular formula is C19H25N5O2S. The van der Waals surface area contributed by atoms with Crippen molar-refractivity contribution in [1.82, 2.24) is 19.9 Å². The van der Waals surface area contributed by atoms with E-state index < -0.39 is 0 Å². The number of aromatic nitrogens is 3. The van der Waals surface area contributed by atoms with Gasteiger partial charge >= 0.3 is 6.03 Å². The summed E-state index contributed by atoms with van der Waals surface area (Å²) in [6.45, 7) is 9.95. The number of carbonyl (C=O) groups excluding carboxylic acids is 2. The minimum atomic E-state index is -0.0218. The lowest BCUT2D eigenvalue weighted by atomic mass is 10.1. The van der Waals surface area contributed by atoms with Crippen LogP contribution in [0.2, 0.25) is 0 Å². The highest BCUT2D eigenvalue weighted by Gasteiger charge is 2.32. The van der Waals surface area contributed by atoms with Crippen molar-refractivity contribution in [2.75, 3.05) is 24.5 Å². The first-order valence-electron chi connectivity index (χ1n) is 9.19. The van der Waals surface area contributed by atoms with Crippen LogP contribution in [0.15, 0.2) is 12.4 Å². The number of nitrogens with zero attached hydrogens (tertiary/aromatic N) is 5. The molecule has 1 aliphatic rings. The predicted molar refractivity (Wildman–Crippen MR) is 105 cm³/mol. The van der Waals surface area contributed by atoms with Crippen molar-refractivity contribution in [3.05, 3.63) is 34.4 Å². The van der Waals surface area contributed by atoms with E-state index in [1.54, 1.807) is 17.3 Å². The van der Waals surface area contributed by atoms with Gasteiger partial charge in [0, 0.05) is 38.4 Å². The number of urea groups is 1. The minimum absolute atomic E-state index is 0.0218. The maximum absolute atomic E-state index is 12.7. The molecule has 8 heteroatoms. The van der Waals surface area contributed by atoms with Gasteiger partial charge in [-0.2, -0.15) is 0 Å². The van der Waals surface area contributed by atoms with E-state index in [4.69, 9.17) is 0 Å². The third-order valence-corrected chi connectivity index (χ3v) is 5.58. The van der Waals surface area contributed by atoms with Crippen molar-refractivity contribution in [2.24, 2.45) is 5.92 Å². The van der Waals surface area contributed by atoms with E-state index in [0.29, 0.717) is 47.6 Å². The Morgan fingerprint density at radius 3 is 2.70 bits per heavy atom. The average Bonchev–Trinajstić information content (AvgIpc) is 3.16. The minimum Gasteiger partial charge on any atom is -0.322 e. The van der Waals surface area contributed by atoms with Crippen LogP contribution in [0.5, 0.6) is 0 Å². The van der Waals surface area contributed by atoms with Crippen LogP contribution in [-0.2, 0) is 6.42 Å². The van der Waals surface area contributed by atoms with Crippen molar-refractivity contribution < 1.29 is 9.59 Å². The van der Waals surface area contributed by atoms with Gasteiger partial charge in [-0.3, -0.25) is 19.7 Å². The normalized spacial score (nSPS) is 14.5. The summed E-state index contributed by atoms with van der Waals surface area (Å²) in [4.78, 5) is 42.4. The van der Waals surface area contributed by atoms with E-state index in [0.717, 1.165) is 17.9 Å². The Balaban J connectivity index is 1.67. The van der Waals surface area contributed by atoms with Crippen molar-refractivity contribution in [3.63, 3.8) is 0 Å². The predicted octanol–water partition coefficient (Wildman–Crippen LogP) is 3.26. The summed E-state index contributed by atoms with van der Waals surface area (Å²) < 4.78 is 0. The molecule has 3 rings (SSSR count). The number of hydrogen-bond acceptors (Lipinski definition) is 6. The second kappa shape index (κ2) is 8.12. The van der Waals surface area contributed by atoms with E-state index in [2.05, 4.69) is 28.8 Å². The van der Waals surface area contributed by atoms with Crippen LogP contribution in [-0.4, -0.2) is 51.3 Å². The number of aryl methyl sites for hydroxylation is 3. The smallest absolute Gasteiger partial charge is 0.322 e. The first-order valence-corrected chi connectivity index (χ1v) is 10.0. The van der Waals surface area contributed by atoms with Crippen molar-refractivity contribution in [3.8, 4) is 0 Å². The van der Waals surface area contributed by atoms with E-state index >= 15 is 0 Å². The molecule has 3 heterocycles. The molecule has 7 nitrogen and oxygen atoms in total. The molecule has 144 valence electrons. The molecule has 0 saturated carbocycles. The highest BCUT2D eigenvalue weighted by atomic mass is 32.1. The van der Waals surface area contributed by atoms with Crippen LogP contribution >= 0.6 is 11.3 Å². The standard InChI is InChI=1S/C19H25N5O2S/c1-12(2)11-23-7-8-24(19(23)26)18-22-14(4)17(27-18)16(25)6-5-15-10-20-9-13(3)21-15/h9-10,12H,5-8,11H2,1-4H3. The Hall–Kier alpha value is -2.35. The first-order chi connectivity index (χ1) is 12.8. The molecule has 0 aromatic carbocycles. The Morgan fingerprint density at radius 2 is 2.00 bits per heavy atom. The maximum atomic E-state index is 12.7. The van der Waals surface area contributed by atoms with Crippen LogP contribution in [0.25, 0.3) is 0 Å². The van der Waals surface area contributed by atoms with Crippen molar-refractivity contribution in [2.45, 2.75) is 40.5 Å². The molecule has 2 aromatic heterocycles. The van der Waals surface area contributed by atoms with Crippen LogP contribution in [0.3, 0.4) is 0 Å². The van der Waals surface area contributed by atoms with Crippen LogP contribution < -0.4 is 4.90 Å². The molecule has 0 radical (unpaired) electrons. The zero-order valence-electron chi connectivity index (χ0n) is 16.2. The Morgan fingerprint density at radius 1 is 1.22 bits per heavy atom. The third-order valence-electron chi connectivity index (χ3n) is 4.36. The number of amides is 2. The molecule has 27 heavy (non-hydrogen) atoms. The third kappa shape index (κ3) is 4.50. The molecule has 1 fully saturated rings. The number of thiazole rings is 1. The summed E-state index contributed by atoms with van der Waals surface area (Å²) >= 11 is 1.31. The second-order valence-electron chi connectivity index (χ2n) is 7.26. The van der Waals surface area contributed by atoms with E-state index in [-0.39, 0.29) is 11.8 Å². The molecule has 0 aliphatic carbocycles. The molecule has 0 N–H and O–H groups in total. The summed E-state index contributed by atoms with van der Waals surface area (Å²) in [6, 6.07) is -0.0218. The molecule has 2 amide bonds. The molecule has 1 aliphatic heterocycles. The fourth-order valence-electron chi connectivity index (χ4n) is 3.12. The quantitative estimate of drug-likeness (QED) is 0.681. The van der Waals surface area contributed by atoms with E-state index in [9.17, 15) is 9.59 Å². The van der Waals surface area contributed by atoms with Crippen LogP contribution in [0.1, 0.15) is 47.0 Å². The fourth-order valence-corrected chi connectivity index (χ4v) is 4.17. The van der Waals surface area contributed by atoms with Gasteiger partial charge in [-0.1, -0.05) is 25.2 Å². The number of carbonyl (C=O) groups is 2. The SMILES string of the molecule is Cc1cncc(CCC(=O)c2sc(N3CCN(CC(C)C)C3=O)nc2C)n1. The van der Waals surface area contributed by atoms with E-state index in [1.165, 1.54) is 11.3 Å². The highest BCUT2D eigenvalue weighted by Crippen LogP contribution is 2.30. The lowest BCUT2D eigenvalue weighted by molar-refractivity contribution is 0.0985. The number of rotatable bonds is 7. The van der Waals surface area contributed by atoms with Crippen LogP contribution in [0.4, 0.5) is 9.93 Å². The fraction of sp³-hybridized carbons (Fsp3) is 0.526. The summed E-state index contributed by atoms with van der Waals surface area (Å²) in [7, 11) is 0. The second-order valence-corrected chi connectivity index (χ2v) is 8.24. The van der Waals surface area contributed by atoms with Gasteiger partial charge in [0.1, 0.15) is 0 Å². The maximum Gasteiger partial charge on any atom is 0.326 e. The molecule has 0 unspecified atom stereocenters. The highest BCUT2D eigenvalue weighted by molar-refractivity contribution is 7.17. The molecular weight excluding hydrogens is 362 g/mol. The first kappa shape index (κ1) is 19.4. The lowest BCUT2D eigenvalue weighted by Gasteiger charge is -2.18. The Kier molecular flexibility index (Phi) is 5.84. The lowest BCUT2D eigenvalue weighted by Crippen LogP contribution is -2.34. The Labute approximate surface area is 163 Å². The zero-order valence-corrected chi connectivity index (χ0v) is 17.0. The molecule has 0 spiro atoms. The summed E-state index contributed by atoms with van der Waals surface area (Å²) in [5.74, 6) is 0.457. The van der Waals surface area contributed by atoms with Gasteiger partial charge in [0.05, 0.1) is 22.0 Å². The summed E-state index contributed by atoms with van der Waals surface area (Å²) in [5, 5.41) is 0.613. The average molecular weight is 388 g/mol. The number of Topliss-reactive ketones (excluding diaryl/α,β-unsaturated/α-hetero) is 1. The van der Waals surface area contributed by atoms with Gasteiger partial charge in [0.25, 0.3) is 0 Å². The van der Waals surface area contributed by atoms with Gasteiger partial charge in [0.2, 0.25) is 0 Å². The Bertz CT molecular complexity index is 848. The summed E-state index contributed by atoms with van der Waals surface area (Å²) in [5.41, 5.74) is 2.34. The molecule has 2 aromatic rings. The largest absolute Gasteiger partial charge is 0.326 e. The number of hydrogen-bond donors (Lipinski definition) is 0. The number of anilines is 1. The van der Waals surface area contributed by atoms with Crippen molar-refractivity contribution >= 4 is 28.3 Å².